The first-order valence-electron chi connectivity index (χ1n) is 8.36. The van der Waals surface area contributed by atoms with E-state index in [1.54, 1.807) is 10.8 Å². The number of imidazole rings is 2. The van der Waals surface area contributed by atoms with E-state index in [0.29, 0.717) is 12.0 Å². The molecule has 0 aliphatic heterocycles. The molecule has 1 aromatic carbocycles. The zero-order valence-corrected chi connectivity index (χ0v) is 13.1. The fraction of sp³-hybridized carbons (Fsp3) is 0.278. The van der Waals surface area contributed by atoms with Crippen LogP contribution in [-0.2, 0) is 0 Å². The maximum absolute atomic E-state index is 12.6. The summed E-state index contributed by atoms with van der Waals surface area (Å²) < 4.78 is 3.83. The van der Waals surface area contributed by atoms with E-state index in [2.05, 4.69) is 14.5 Å². The molecule has 0 bridgehead atoms. The van der Waals surface area contributed by atoms with Gasteiger partial charge in [-0.15, -0.1) is 0 Å². The van der Waals surface area contributed by atoms with Gasteiger partial charge < -0.3 is 4.98 Å². The topological polar surface area (TPSA) is 68.5 Å². The van der Waals surface area contributed by atoms with Crippen molar-refractivity contribution in [3.8, 4) is 5.95 Å². The van der Waals surface area contributed by atoms with Gasteiger partial charge in [0, 0.05) is 12.2 Å². The molecular formula is C18H17N5O. The van der Waals surface area contributed by atoms with Crippen molar-refractivity contribution in [1.82, 2.24) is 24.1 Å². The van der Waals surface area contributed by atoms with Crippen molar-refractivity contribution >= 4 is 22.2 Å². The van der Waals surface area contributed by atoms with Gasteiger partial charge in [0.2, 0.25) is 5.95 Å². The number of fused-ring (bicyclic) bond motifs is 2. The van der Waals surface area contributed by atoms with Crippen LogP contribution >= 0.6 is 0 Å². The third-order valence-electron chi connectivity index (χ3n) is 4.91. The highest BCUT2D eigenvalue weighted by Crippen LogP contribution is 2.34. The lowest BCUT2D eigenvalue weighted by Gasteiger charge is -2.15. The molecule has 4 aromatic rings. The van der Waals surface area contributed by atoms with E-state index in [1.807, 2.05) is 36.4 Å². The van der Waals surface area contributed by atoms with Crippen molar-refractivity contribution in [3.05, 3.63) is 53.1 Å². The molecule has 1 aliphatic carbocycles. The minimum atomic E-state index is -0.161. The molecule has 0 saturated heterocycles. The van der Waals surface area contributed by atoms with Crippen LogP contribution in [0.15, 0.2) is 47.4 Å². The Bertz CT molecular complexity index is 1100. The quantitative estimate of drug-likeness (QED) is 0.617. The average molecular weight is 319 g/mol. The highest BCUT2D eigenvalue weighted by molar-refractivity contribution is 5.78. The van der Waals surface area contributed by atoms with Gasteiger partial charge in [0.15, 0.2) is 5.65 Å². The smallest absolute Gasteiger partial charge is 0.305 e. The van der Waals surface area contributed by atoms with Gasteiger partial charge in [-0.25, -0.2) is 19.3 Å². The summed E-state index contributed by atoms with van der Waals surface area (Å²) in [5.74, 6) is 0.665. The predicted molar refractivity (Wildman–Crippen MR) is 92.5 cm³/mol. The largest absolute Gasteiger partial charge is 0.333 e. The lowest BCUT2D eigenvalue weighted by Crippen LogP contribution is -2.20. The molecule has 0 spiro atoms. The predicted octanol–water partition coefficient (Wildman–Crippen LogP) is 3.18. The Labute approximate surface area is 137 Å². The van der Waals surface area contributed by atoms with E-state index in [9.17, 15) is 4.79 Å². The normalized spacial score (nSPS) is 15.7. The van der Waals surface area contributed by atoms with Crippen LogP contribution in [0.1, 0.15) is 31.7 Å². The van der Waals surface area contributed by atoms with Crippen molar-refractivity contribution in [1.29, 1.82) is 0 Å². The van der Waals surface area contributed by atoms with E-state index in [1.165, 1.54) is 12.8 Å². The SMILES string of the molecule is O=c1[nH]c2ccccc2n1-c1nc2cccnc2n1C1CCCC1. The van der Waals surface area contributed by atoms with Gasteiger partial charge in [-0.3, -0.25) is 4.57 Å². The number of aromatic amines is 1. The van der Waals surface area contributed by atoms with Crippen molar-refractivity contribution in [3.63, 3.8) is 0 Å². The zero-order chi connectivity index (χ0) is 16.1. The summed E-state index contributed by atoms with van der Waals surface area (Å²) in [5.41, 5.74) is 3.19. The Morgan fingerprint density at radius 3 is 2.79 bits per heavy atom. The number of nitrogens with one attached hydrogen (secondary N) is 1. The third-order valence-corrected chi connectivity index (χ3v) is 4.91. The monoisotopic (exact) mass is 319 g/mol. The number of rotatable bonds is 2. The second kappa shape index (κ2) is 5.06. The Hall–Kier alpha value is -2.89. The molecule has 6 nitrogen and oxygen atoms in total. The molecule has 5 rings (SSSR count). The molecule has 1 aliphatic rings. The number of pyridine rings is 1. The van der Waals surface area contributed by atoms with Crippen molar-refractivity contribution in [2.45, 2.75) is 31.7 Å². The molecular weight excluding hydrogens is 302 g/mol. The van der Waals surface area contributed by atoms with E-state index in [0.717, 1.165) is 35.0 Å². The van der Waals surface area contributed by atoms with E-state index in [-0.39, 0.29) is 5.69 Å². The molecule has 3 aromatic heterocycles. The number of hydrogen-bond acceptors (Lipinski definition) is 3. The van der Waals surface area contributed by atoms with E-state index < -0.39 is 0 Å². The van der Waals surface area contributed by atoms with Gasteiger partial charge in [-0.2, -0.15) is 0 Å². The highest BCUT2D eigenvalue weighted by Gasteiger charge is 2.25. The molecule has 6 heteroatoms. The van der Waals surface area contributed by atoms with E-state index >= 15 is 0 Å². The van der Waals surface area contributed by atoms with Crippen molar-refractivity contribution in [2.75, 3.05) is 0 Å². The van der Waals surface area contributed by atoms with Crippen LogP contribution in [0.5, 0.6) is 0 Å². The molecule has 0 radical (unpaired) electrons. The van der Waals surface area contributed by atoms with Crippen molar-refractivity contribution < 1.29 is 0 Å². The van der Waals surface area contributed by atoms with Crippen LogP contribution in [0.4, 0.5) is 0 Å². The minimum absolute atomic E-state index is 0.161. The summed E-state index contributed by atoms with van der Waals surface area (Å²) in [6.45, 7) is 0. The fourth-order valence-corrected chi connectivity index (χ4v) is 3.83. The molecule has 0 amide bonds. The lowest BCUT2D eigenvalue weighted by atomic mass is 10.2. The molecule has 24 heavy (non-hydrogen) atoms. The van der Waals surface area contributed by atoms with Crippen LogP contribution in [0.3, 0.4) is 0 Å². The lowest BCUT2D eigenvalue weighted by molar-refractivity contribution is 0.519. The molecule has 1 N–H and O–H groups in total. The zero-order valence-electron chi connectivity index (χ0n) is 13.1. The van der Waals surface area contributed by atoms with Crippen LogP contribution in [0, 0.1) is 0 Å². The third kappa shape index (κ3) is 1.86. The fourth-order valence-electron chi connectivity index (χ4n) is 3.83. The summed E-state index contributed by atoms with van der Waals surface area (Å²) in [6.07, 6.45) is 6.41. The number of hydrogen-bond donors (Lipinski definition) is 1. The van der Waals surface area contributed by atoms with Gasteiger partial charge in [-0.05, 0) is 37.1 Å². The first kappa shape index (κ1) is 13.5. The molecule has 1 fully saturated rings. The van der Waals surface area contributed by atoms with Gasteiger partial charge in [0.25, 0.3) is 0 Å². The molecule has 120 valence electrons. The first-order chi connectivity index (χ1) is 11.8. The number of benzene rings is 1. The maximum Gasteiger partial charge on any atom is 0.333 e. The molecule has 0 unspecified atom stereocenters. The van der Waals surface area contributed by atoms with Crippen molar-refractivity contribution in [2.24, 2.45) is 0 Å². The number of para-hydroxylation sites is 2. The molecule has 3 heterocycles. The molecule has 0 atom stereocenters. The molecule has 1 saturated carbocycles. The van der Waals surface area contributed by atoms with Crippen LogP contribution in [-0.4, -0.2) is 24.1 Å². The van der Waals surface area contributed by atoms with Gasteiger partial charge >= 0.3 is 5.69 Å². The van der Waals surface area contributed by atoms with Gasteiger partial charge in [0.1, 0.15) is 5.52 Å². The second-order valence-corrected chi connectivity index (χ2v) is 6.35. The number of aromatic nitrogens is 5. The average Bonchev–Trinajstić information content (AvgIpc) is 3.29. The van der Waals surface area contributed by atoms with Crippen LogP contribution < -0.4 is 5.69 Å². The van der Waals surface area contributed by atoms with Gasteiger partial charge in [-0.1, -0.05) is 25.0 Å². The highest BCUT2D eigenvalue weighted by atomic mass is 16.1. The summed E-state index contributed by atoms with van der Waals surface area (Å²) in [6, 6.07) is 11.9. The summed E-state index contributed by atoms with van der Waals surface area (Å²) in [4.78, 5) is 24.8. The van der Waals surface area contributed by atoms with E-state index in [4.69, 9.17) is 4.98 Å². The maximum atomic E-state index is 12.6. The Balaban J connectivity index is 1.87. The second-order valence-electron chi connectivity index (χ2n) is 6.35. The van der Waals surface area contributed by atoms with Crippen LogP contribution in [0.2, 0.25) is 0 Å². The number of H-pyrrole nitrogens is 1. The summed E-state index contributed by atoms with van der Waals surface area (Å²) in [5, 5.41) is 0. The standard InChI is InChI=1S/C18H17N5O/c24-18-21-13-8-3-4-10-15(13)23(18)17-20-14-9-5-11-19-16(14)22(17)12-6-1-2-7-12/h3-5,8-12H,1-2,6-7H2,(H,21,24). The van der Waals surface area contributed by atoms with Crippen LogP contribution in [0.25, 0.3) is 28.1 Å². The Morgan fingerprint density at radius 1 is 1.08 bits per heavy atom. The number of nitrogens with zero attached hydrogens (tertiary/aromatic N) is 4. The summed E-state index contributed by atoms with van der Waals surface area (Å²) >= 11 is 0. The Kier molecular flexibility index (Phi) is 2.85. The van der Waals surface area contributed by atoms with Gasteiger partial charge in [0.05, 0.1) is 11.0 Å². The minimum Gasteiger partial charge on any atom is -0.305 e. The first-order valence-corrected chi connectivity index (χ1v) is 8.36. The Morgan fingerprint density at radius 2 is 1.92 bits per heavy atom. The summed E-state index contributed by atoms with van der Waals surface area (Å²) in [7, 11) is 0.